The molecular weight excluding hydrogens is 260 g/mol. The summed E-state index contributed by atoms with van der Waals surface area (Å²) in [4.78, 5) is 26.5. The molecule has 6 nitrogen and oxygen atoms in total. The van der Waals surface area contributed by atoms with Gasteiger partial charge in [-0.2, -0.15) is 0 Å². The van der Waals surface area contributed by atoms with Gasteiger partial charge in [0.05, 0.1) is 5.52 Å². The number of nitrogens with zero attached hydrogens (tertiary/aromatic N) is 1. The number of carboxylic acid groups (broad SMARTS) is 1. The van der Waals surface area contributed by atoms with E-state index < -0.39 is 12.1 Å². The zero-order valence-corrected chi connectivity index (χ0v) is 10.6. The first-order chi connectivity index (χ1) is 9.58. The second kappa shape index (κ2) is 6.12. The Morgan fingerprint density at radius 3 is 2.85 bits per heavy atom. The number of hydrogen-bond acceptors (Lipinski definition) is 4. The van der Waals surface area contributed by atoms with E-state index in [-0.39, 0.29) is 18.9 Å². The number of fused-ring (bicyclic) bond motifs is 1. The van der Waals surface area contributed by atoms with Crippen molar-refractivity contribution in [2.45, 2.75) is 12.5 Å². The van der Waals surface area contributed by atoms with Crippen LogP contribution in [0.5, 0.6) is 0 Å². The molecule has 0 saturated carbocycles. The summed E-state index contributed by atoms with van der Waals surface area (Å²) in [5.41, 5.74) is 1.26. The highest BCUT2D eigenvalue weighted by Gasteiger charge is 2.13. The molecule has 0 fully saturated rings. The number of nitrogens with one attached hydrogen (secondary N) is 1. The maximum atomic E-state index is 11.9. The van der Waals surface area contributed by atoms with E-state index in [2.05, 4.69) is 10.3 Å². The molecule has 0 saturated heterocycles. The lowest BCUT2D eigenvalue weighted by Crippen LogP contribution is -2.30. The van der Waals surface area contributed by atoms with Gasteiger partial charge in [0.2, 0.25) is 0 Å². The minimum Gasteiger partial charge on any atom is -0.479 e. The maximum absolute atomic E-state index is 11.9. The van der Waals surface area contributed by atoms with Crippen LogP contribution in [-0.4, -0.2) is 39.7 Å². The van der Waals surface area contributed by atoms with Gasteiger partial charge < -0.3 is 15.5 Å². The number of carbonyl (C=O) groups excluding carboxylic acids is 1. The van der Waals surface area contributed by atoms with E-state index in [1.54, 1.807) is 30.5 Å². The number of rotatable bonds is 5. The number of aliphatic hydroxyl groups excluding tert-OH is 1. The molecule has 2 aromatic rings. The van der Waals surface area contributed by atoms with Crippen molar-refractivity contribution in [3.8, 4) is 0 Å². The van der Waals surface area contributed by atoms with Crippen molar-refractivity contribution in [2.24, 2.45) is 0 Å². The summed E-state index contributed by atoms with van der Waals surface area (Å²) in [7, 11) is 0. The molecular formula is C14H14N2O4. The van der Waals surface area contributed by atoms with Crippen molar-refractivity contribution in [1.82, 2.24) is 10.3 Å². The zero-order valence-electron chi connectivity index (χ0n) is 10.6. The third-order valence-electron chi connectivity index (χ3n) is 2.85. The molecule has 0 aliphatic carbocycles. The van der Waals surface area contributed by atoms with Gasteiger partial charge in [-0.3, -0.25) is 9.78 Å². The summed E-state index contributed by atoms with van der Waals surface area (Å²) >= 11 is 0. The molecule has 20 heavy (non-hydrogen) atoms. The molecule has 1 atom stereocenters. The van der Waals surface area contributed by atoms with Gasteiger partial charge in [-0.1, -0.05) is 6.07 Å². The van der Waals surface area contributed by atoms with E-state index in [4.69, 9.17) is 10.2 Å². The summed E-state index contributed by atoms with van der Waals surface area (Å²) in [6.45, 7) is 0.0946. The minimum atomic E-state index is -1.46. The molecule has 2 rings (SSSR count). The number of aliphatic hydroxyl groups is 1. The zero-order chi connectivity index (χ0) is 14.5. The van der Waals surface area contributed by atoms with Crippen LogP contribution >= 0.6 is 0 Å². The molecule has 0 aliphatic rings. The van der Waals surface area contributed by atoms with E-state index in [1.165, 1.54) is 0 Å². The van der Waals surface area contributed by atoms with E-state index in [0.717, 1.165) is 10.9 Å². The highest BCUT2D eigenvalue weighted by atomic mass is 16.4. The summed E-state index contributed by atoms with van der Waals surface area (Å²) in [6, 6.07) is 8.75. The lowest BCUT2D eigenvalue weighted by atomic mass is 10.1. The Morgan fingerprint density at radius 2 is 2.10 bits per heavy atom. The Kier molecular flexibility index (Phi) is 4.27. The molecule has 0 radical (unpaired) electrons. The first-order valence-corrected chi connectivity index (χ1v) is 6.12. The van der Waals surface area contributed by atoms with Gasteiger partial charge in [-0.15, -0.1) is 0 Å². The Hall–Kier alpha value is -2.47. The Labute approximate surface area is 115 Å². The fraction of sp³-hybridized carbons (Fsp3) is 0.214. The number of aliphatic carboxylic acids is 1. The van der Waals surface area contributed by atoms with E-state index in [0.29, 0.717) is 5.56 Å². The summed E-state index contributed by atoms with van der Waals surface area (Å²) < 4.78 is 0. The van der Waals surface area contributed by atoms with Crippen LogP contribution in [0.3, 0.4) is 0 Å². The van der Waals surface area contributed by atoms with E-state index in [9.17, 15) is 9.59 Å². The molecule has 1 amide bonds. The molecule has 1 heterocycles. The van der Waals surface area contributed by atoms with Gasteiger partial charge in [-0.05, 0) is 24.3 Å². The standard InChI is InChI=1S/C14H14N2O4/c17-12(14(19)20)5-7-16-13(18)10-3-4-11-9(8-10)2-1-6-15-11/h1-4,6,8,12,17H,5,7H2,(H,16,18)(H,19,20). The van der Waals surface area contributed by atoms with Crippen molar-refractivity contribution in [1.29, 1.82) is 0 Å². The van der Waals surface area contributed by atoms with Crippen molar-refractivity contribution >= 4 is 22.8 Å². The summed E-state index contributed by atoms with van der Waals surface area (Å²) in [5, 5.41) is 21.0. The number of amides is 1. The van der Waals surface area contributed by atoms with Crippen LogP contribution in [0.15, 0.2) is 36.5 Å². The number of hydrogen-bond donors (Lipinski definition) is 3. The van der Waals surface area contributed by atoms with Gasteiger partial charge in [-0.25, -0.2) is 4.79 Å². The molecule has 1 aromatic carbocycles. The van der Waals surface area contributed by atoms with Crippen LogP contribution in [0.25, 0.3) is 10.9 Å². The second-order valence-electron chi connectivity index (χ2n) is 4.31. The van der Waals surface area contributed by atoms with Crippen molar-refractivity contribution < 1.29 is 19.8 Å². The molecule has 1 unspecified atom stereocenters. The largest absolute Gasteiger partial charge is 0.479 e. The van der Waals surface area contributed by atoms with Crippen LogP contribution in [0, 0.1) is 0 Å². The number of benzene rings is 1. The van der Waals surface area contributed by atoms with Gasteiger partial charge in [0.1, 0.15) is 0 Å². The Bertz CT molecular complexity index is 642. The highest BCUT2D eigenvalue weighted by molar-refractivity contribution is 5.97. The molecule has 0 bridgehead atoms. The molecule has 0 aliphatic heterocycles. The fourth-order valence-electron chi connectivity index (χ4n) is 1.76. The van der Waals surface area contributed by atoms with Crippen molar-refractivity contribution in [2.75, 3.05) is 6.54 Å². The lowest BCUT2D eigenvalue weighted by Gasteiger charge is -2.08. The fourth-order valence-corrected chi connectivity index (χ4v) is 1.76. The first kappa shape index (κ1) is 14.0. The second-order valence-corrected chi connectivity index (χ2v) is 4.31. The van der Waals surface area contributed by atoms with Crippen LogP contribution < -0.4 is 5.32 Å². The minimum absolute atomic E-state index is 0.0315. The van der Waals surface area contributed by atoms with E-state index >= 15 is 0 Å². The Morgan fingerprint density at radius 1 is 1.30 bits per heavy atom. The van der Waals surface area contributed by atoms with Crippen LogP contribution in [0.4, 0.5) is 0 Å². The predicted molar refractivity (Wildman–Crippen MR) is 72.3 cm³/mol. The van der Waals surface area contributed by atoms with Gasteiger partial charge >= 0.3 is 5.97 Å². The predicted octanol–water partition coefficient (Wildman–Crippen LogP) is 0.800. The highest BCUT2D eigenvalue weighted by Crippen LogP contribution is 2.13. The monoisotopic (exact) mass is 274 g/mol. The van der Waals surface area contributed by atoms with Crippen molar-refractivity contribution in [3.05, 3.63) is 42.1 Å². The van der Waals surface area contributed by atoms with Crippen LogP contribution in [0.2, 0.25) is 0 Å². The molecule has 3 N–H and O–H groups in total. The number of pyridine rings is 1. The smallest absolute Gasteiger partial charge is 0.332 e. The maximum Gasteiger partial charge on any atom is 0.332 e. The topological polar surface area (TPSA) is 99.5 Å². The SMILES string of the molecule is O=C(NCCC(O)C(=O)O)c1ccc2ncccc2c1. The molecule has 104 valence electrons. The number of carboxylic acids is 1. The molecule has 0 spiro atoms. The van der Waals surface area contributed by atoms with Gasteiger partial charge in [0.25, 0.3) is 5.91 Å². The normalized spacial score (nSPS) is 12.1. The molecule has 6 heteroatoms. The third-order valence-corrected chi connectivity index (χ3v) is 2.85. The summed E-state index contributed by atoms with van der Waals surface area (Å²) in [5.74, 6) is -1.61. The summed E-state index contributed by atoms with van der Waals surface area (Å²) in [6.07, 6.45) is 0.182. The van der Waals surface area contributed by atoms with Crippen LogP contribution in [0.1, 0.15) is 16.8 Å². The Balaban J connectivity index is 1.99. The van der Waals surface area contributed by atoms with Gasteiger partial charge in [0, 0.05) is 30.1 Å². The average Bonchev–Trinajstić information content (AvgIpc) is 2.46. The average molecular weight is 274 g/mol. The van der Waals surface area contributed by atoms with E-state index in [1.807, 2.05) is 6.07 Å². The quantitative estimate of drug-likeness (QED) is 0.749. The lowest BCUT2D eigenvalue weighted by molar-refractivity contribution is -0.146. The first-order valence-electron chi connectivity index (χ1n) is 6.12. The third kappa shape index (κ3) is 3.30. The number of aromatic nitrogens is 1. The van der Waals surface area contributed by atoms with Crippen LogP contribution in [-0.2, 0) is 4.79 Å². The van der Waals surface area contributed by atoms with Gasteiger partial charge in [0.15, 0.2) is 6.10 Å². The number of carbonyl (C=O) groups is 2. The van der Waals surface area contributed by atoms with Crippen molar-refractivity contribution in [3.63, 3.8) is 0 Å². The molecule has 1 aromatic heterocycles.